The van der Waals surface area contributed by atoms with E-state index in [1.54, 1.807) is 29.9 Å². The van der Waals surface area contributed by atoms with Crippen LogP contribution in [0.25, 0.3) is 0 Å². The van der Waals surface area contributed by atoms with Crippen molar-refractivity contribution in [3.63, 3.8) is 0 Å². The number of rotatable bonds is 6. The fourth-order valence-electron chi connectivity index (χ4n) is 3.95. The molecule has 0 saturated carbocycles. The summed E-state index contributed by atoms with van der Waals surface area (Å²) in [6.45, 7) is 6.97. The van der Waals surface area contributed by atoms with Gasteiger partial charge in [-0.1, -0.05) is 6.07 Å². The van der Waals surface area contributed by atoms with Crippen LogP contribution in [-0.4, -0.2) is 40.6 Å². The van der Waals surface area contributed by atoms with Crippen LogP contribution in [0, 0.1) is 19.7 Å². The molecular weight excluding hydrogens is 417 g/mol. The molecule has 164 valence electrons. The molecule has 0 radical (unpaired) electrons. The van der Waals surface area contributed by atoms with E-state index in [9.17, 15) is 12.8 Å². The van der Waals surface area contributed by atoms with Gasteiger partial charge in [-0.15, -0.1) is 0 Å². The Morgan fingerprint density at radius 3 is 2.71 bits per heavy atom. The molecule has 1 N–H and O–H groups in total. The number of hydrogen-bond donors (Lipinski definition) is 1. The van der Waals surface area contributed by atoms with Gasteiger partial charge in [0.1, 0.15) is 10.7 Å². The molecule has 1 saturated heterocycles. The minimum Gasteiger partial charge on any atom is -0.355 e. The minimum atomic E-state index is -3.61. The first-order valence-corrected chi connectivity index (χ1v) is 11.8. The Kier molecular flexibility index (Phi) is 5.81. The van der Waals surface area contributed by atoms with Gasteiger partial charge in [-0.2, -0.15) is 9.40 Å². The van der Waals surface area contributed by atoms with Crippen molar-refractivity contribution in [3.8, 4) is 0 Å². The second-order valence-electron chi connectivity index (χ2n) is 7.84. The molecule has 0 aliphatic carbocycles. The first kappa shape index (κ1) is 21.5. The molecule has 0 amide bonds. The summed E-state index contributed by atoms with van der Waals surface area (Å²) >= 11 is 0. The van der Waals surface area contributed by atoms with Crippen molar-refractivity contribution in [1.82, 2.24) is 19.1 Å². The SMILES string of the molecule is CCn1cc(S(=O)(=O)N2CC[C@@H](c3cc(Nc4cccc(F)c4)cc(C)n3)C2)c(C)n1. The number of anilines is 2. The van der Waals surface area contributed by atoms with Gasteiger partial charge in [0.2, 0.25) is 10.0 Å². The predicted octanol–water partition coefficient (Wildman–Crippen LogP) is 3.98. The lowest BCUT2D eigenvalue weighted by Crippen LogP contribution is -2.29. The minimum absolute atomic E-state index is 0.00994. The predicted molar refractivity (Wildman–Crippen MR) is 117 cm³/mol. The Morgan fingerprint density at radius 2 is 2.00 bits per heavy atom. The summed E-state index contributed by atoms with van der Waals surface area (Å²) in [5, 5.41) is 7.49. The van der Waals surface area contributed by atoms with Crippen LogP contribution in [0.3, 0.4) is 0 Å². The Balaban J connectivity index is 1.55. The van der Waals surface area contributed by atoms with Crippen molar-refractivity contribution in [3.05, 3.63) is 65.5 Å². The Morgan fingerprint density at radius 1 is 1.19 bits per heavy atom. The van der Waals surface area contributed by atoms with Gasteiger partial charge >= 0.3 is 0 Å². The normalized spacial score (nSPS) is 17.2. The van der Waals surface area contributed by atoms with E-state index in [1.165, 1.54) is 16.4 Å². The molecule has 3 heterocycles. The quantitative estimate of drug-likeness (QED) is 0.623. The van der Waals surface area contributed by atoms with E-state index >= 15 is 0 Å². The Labute approximate surface area is 182 Å². The van der Waals surface area contributed by atoms with Crippen molar-refractivity contribution < 1.29 is 12.8 Å². The average molecular weight is 444 g/mol. The van der Waals surface area contributed by atoms with Gasteiger partial charge in [0.05, 0.1) is 5.69 Å². The number of aryl methyl sites for hydroxylation is 3. The van der Waals surface area contributed by atoms with Crippen LogP contribution in [0.5, 0.6) is 0 Å². The van der Waals surface area contributed by atoms with E-state index in [0.29, 0.717) is 37.4 Å². The second kappa shape index (κ2) is 8.39. The largest absolute Gasteiger partial charge is 0.355 e. The monoisotopic (exact) mass is 443 g/mol. The van der Waals surface area contributed by atoms with E-state index in [-0.39, 0.29) is 16.6 Å². The van der Waals surface area contributed by atoms with E-state index in [4.69, 9.17) is 0 Å². The van der Waals surface area contributed by atoms with Crippen molar-refractivity contribution in [2.45, 2.75) is 44.6 Å². The highest BCUT2D eigenvalue weighted by Crippen LogP contribution is 2.32. The van der Waals surface area contributed by atoms with Crippen molar-refractivity contribution in [2.75, 3.05) is 18.4 Å². The maximum absolute atomic E-state index is 13.5. The van der Waals surface area contributed by atoms with Gasteiger partial charge < -0.3 is 5.32 Å². The Bertz CT molecular complexity index is 1210. The Hall–Kier alpha value is -2.78. The van der Waals surface area contributed by atoms with Gasteiger partial charge in [0, 0.05) is 54.5 Å². The number of aromatic nitrogens is 3. The van der Waals surface area contributed by atoms with Crippen LogP contribution in [0.1, 0.15) is 36.3 Å². The fourth-order valence-corrected chi connectivity index (χ4v) is 5.62. The number of nitrogens with one attached hydrogen (secondary N) is 1. The molecule has 7 nitrogen and oxygen atoms in total. The zero-order valence-electron chi connectivity index (χ0n) is 17.8. The number of halogens is 1. The number of pyridine rings is 1. The van der Waals surface area contributed by atoms with Crippen LogP contribution in [0.2, 0.25) is 0 Å². The highest BCUT2D eigenvalue weighted by Gasteiger charge is 2.35. The summed E-state index contributed by atoms with van der Waals surface area (Å²) in [5.41, 5.74) is 3.61. The number of nitrogens with zero attached hydrogens (tertiary/aromatic N) is 4. The molecule has 1 aromatic carbocycles. The smallest absolute Gasteiger partial charge is 0.246 e. The zero-order valence-corrected chi connectivity index (χ0v) is 18.7. The molecule has 1 aliphatic rings. The molecule has 31 heavy (non-hydrogen) atoms. The third-order valence-corrected chi connectivity index (χ3v) is 7.47. The van der Waals surface area contributed by atoms with Gasteiger partial charge in [-0.05, 0) is 57.5 Å². The van der Waals surface area contributed by atoms with Crippen LogP contribution < -0.4 is 5.32 Å². The molecular formula is C22H26FN5O2S. The lowest BCUT2D eigenvalue weighted by molar-refractivity contribution is 0.471. The molecule has 0 spiro atoms. The molecule has 1 aliphatic heterocycles. The topological polar surface area (TPSA) is 80.1 Å². The molecule has 4 rings (SSSR count). The first-order valence-electron chi connectivity index (χ1n) is 10.3. The number of sulfonamides is 1. The lowest BCUT2D eigenvalue weighted by Gasteiger charge is -2.17. The summed E-state index contributed by atoms with van der Waals surface area (Å²) in [4.78, 5) is 4.91. The maximum Gasteiger partial charge on any atom is 0.246 e. The van der Waals surface area contributed by atoms with Gasteiger partial charge in [0.25, 0.3) is 0 Å². The van der Waals surface area contributed by atoms with E-state index in [2.05, 4.69) is 15.4 Å². The molecule has 1 fully saturated rings. The summed E-state index contributed by atoms with van der Waals surface area (Å²) in [6.07, 6.45) is 2.29. The van der Waals surface area contributed by atoms with Crippen LogP contribution in [0.4, 0.5) is 15.8 Å². The van der Waals surface area contributed by atoms with E-state index < -0.39 is 10.0 Å². The van der Waals surface area contributed by atoms with E-state index in [0.717, 1.165) is 17.1 Å². The van der Waals surface area contributed by atoms with Crippen molar-refractivity contribution in [1.29, 1.82) is 0 Å². The molecule has 0 bridgehead atoms. The van der Waals surface area contributed by atoms with Crippen LogP contribution in [0.15, 0.2) is 47.5 Å². The van der Waals surface area contributed by atoms with Crippen molar-refractivity contribution in [2.24, 2.45) is 0 Å². The van der Waals surface area contributed by atoms with Crippen molar-refractivity contribution >= 4 is 21.4 Å². The van der Waals surface area contributed by atoms with Gasteiger partial charge in [-0.25, -0.2) is 12.8 Å². The third-order valence-electron chi connectivity index (χ3n) is 5.50. The molecule has 9 heteroatoms. The number of hydrogen-bond acceptors (Lipinski definition) is 5. The fraction of sp³-hybridized carbons (Fsp3) is 0.364. The van der Waals surface area contributed by atoms with Gasteiger partial charge in [0.15, 0.2) is 0 Å². The highest BCUT2D eigenvalue weighted by molar-refractivity contribution is 7.89. The second-order valence-corrected chi connectivity index (χ2v) is 9.75. The lowest BCUT2D eigenvalue weighted by atomic mass is 10.0. The molecule has 1 atom stereocenters. The van der Waals surface area contributed by atoms with Gasteiger partial charge in [-0.3, -0.25) is 9.67 Å². The van der Waals surface area contributed by atoms with Crippen LogP contribution in [-0.2, 0) is 16.6 Å². The van der Waals surface area contributed by atoms with Crippen LogP contribution >= 0.6 is 0 Å². The standard InChI is InChI=1S/C22H26FN5O2S/c1-4-27-14-22(16(3)26-27)31(29,30)28-9-8-17(13-28)21-12-20(10-15(2)24-21)25-19-7-5-6-18(23)11-19/h5-7,10-12,14,17H,4,8-9,13H2,1-3H3,(H,24,25)/t17-/m1/s1. The zero-order chi connectivity index (χ0) is 22.2. The highest BCUT2D eigenvalue weighted by atomic mass is 32.2. The molecule has 3 aromatic rings. The summed E-state index contributed by atoms with van der Waals surface area (Å²) in [6, 6.07) is 10.1. The number of benzene rings is 1. The van der Waals surface area contributed by atoms with E-state index in [1.807, 2.05) is 26.0 Å². The molecule has 2 aromatic heterocycles. The average Bonchev–Trinajstić information content (AvgIpc) is 3.35. The summed E-state index contributed by atoms with van der Waals surface area (Å²) in [5.74, 6) is -0.321. The molecule has 0 unspecified atom stereocenters. The summed E-state index contributed by atoms with van der Waals surface area (Å²) in [7, 11) is -3.61. The summed E-state index contributed by atoms with van der Waals surface area (Å²) < 4.78 is 43.0. The first-order chi connectivity index (χ1) is 14.8. The third kappa shape index (κ3) is 4.47. The maximum atomic E-state index is 13.5.